The van der Waals surface area contributed by atoms with E-state index in [0.717, 1.165) is 16.9 Å². The molecule has 1 aromatic carbocycles. The maximum atomic E-state index is 13.1. The maximum absolute atomic E-state index is 13.1. The van der Waals surface area contributed by atoms with Crippen molar-refractivity contribution >= 4 is 51.2 Å². The first-order chi connectivity index (χ1) is 18.8. The summed E-state index contributed by atoms with van der Waals surface area (Å²) in [5, 5.41) is 2.72. The number of thiophene rings is 1. The van der Waals surface area contributed by atoms with E-state index in [1.54, 1.807) is 57.4 Å². The SMILES string of the molecule is CCOC(=O)c1sc(NC(=O)C(CC)OC(=O)c2ccc3nc(-c4cccnc4)[nH]c3c2)c(C(=O)OC)c1C. The summed E-state index contributed by atoms with van der Waals surface area (Å²) < 4.78 is 15.4. The third-order valence-corrected chi connectivity index (χ3v) is 6.99. The molecule has 0 aliphatic heterocycles. The second kappa shape index (κ2) is 11.9. The number of H-pyrrole nitrogens is 1. The van der Waals surface area contributed by atoms with Crippen molar-refractivity contribution in [3.8, 4) is 11.4 Å². The minimum atomic E-state index is -1.17. The fourth-order valence-corrected chi connectivity index (χ4v) is 4.92. The molecule has 0 spiro atoms. The van der Waals surface area contributed by atoms with Crippen molar-refractivity contribution in [3.63, 3.8) is 0 Å². The van der Waals surface area contributed by atoms with Crippen LogP contribution in [0.3, 0.4) is 0 Å². The molecule has 0 fully saturated rings. The summed E-state index contributed by atoms with van der Waals surface area (Å²) in [6, 6.07) is 8.49. The molecule has 2 N–H and O–H groups in total. The number of pyridine rings is 1. The lowest BCUT2D eigenvalue weighted by molar-refractivity contribution is -0.124. The molecule has 1 atom stereocenters. The van der Waals surface area contributed by atoms with E-state index in [1.807, 2.05) is 6.07 Å². The van der Waals surface area contributed by atoms with Crippen LogP contribution in [0.4, 0.5) is 5.00 Å². The molecule has 3 heterocycles. The van der Waals surface area contributed by atoms with E-state index in [-0.39, 0.29) is 34.0 Å². The number of ether oxygens (including phenoxy) is 3. The number of hydrogen-bond donors (Lipinski definition) is 2. The maximum Gasteiger partial charge on any atom is 0.348 e. The number of carbonyl (C=O) groups excluding carboxylic acids is 4. The third-order valence-electron chi connectivity index (χ3n) is 5.80. The van der Waals surface area contributed by atoms with Crippen molar-refractivity contribution < 1.29 is 33.4 Å². The number of fused-ring (bicyclic) bond motifs is 1. The molecule has 0 saturated carbocycles. The Balaban J connectivity index is 1.53. The molecule has 4 rings (SSSR count). The summed E-state index contributed by atoms with van der Waals surface area (Å²) in [5.41, 5.74) is 2.64. The van der Waals surface area contributed by atoms with Gasteiger partial charge in [0.25, 0.3) is 5.91 Å². The van der Waals surface area contributed by atoms with Crippen LogP contribution in [-0.2, 0) is 19.0 Å². The average Bonchev–Trinajstić information content (AvgIpc) is 3.52. The van der Waals surface area contributed by atoms with Gasteiger partial charge in [-0.2, -0.15) is 0 Å². The Bertz CT molecular complexity index is 1540. The van der Waals surface area contributed by atoms with Gasteiger partial charge in [-0.05, 0) is 56.2 Å². The van der Waals surface area contributed by atoms with Crippen molar-refractivity contribution in [3.05, 3.63) is 64.3 Å². The zero-order valence-corrected chi connectivity index (χ0v) is 22.5. The number of rotatable bonds is 9. The summed E-state index contributed by atoms with van der Waals surface area (Å²) in [7, 11) is 1.20. The van der Waals surface area contributed by atoms with E-state index in [1.165, 1.54) is 7.11 Å². The van der Waals surface area contributed by atoms with Crippen molar-refractivity contribution in [2.75, 3.05) is 19.0 Å². The number of hydrogen-bond acceptors (Lipinski definition) is 10. The number of nitrogens with zero attached hydrogens (tertiary/aromatic N) is 2. The highest BCUT2D eigenvalue weighted by molar-refractivity contribution is 7.18. The number of carbonyl (C=O) groups is 4. The monoisotopic (exact) mass is 550 g/mol. The molecule has 0 bridgehead atoms. The van der Waals surface area contributed by atoms with Crippen molar-refractivity contribution in [2.24, 2.45) is 0 Å². The van der Waals surface area contributed by atoms with E-state index in [0.29, 0.717) is 22.4 Å². The van der Waals surface area contributed by atoms with Gasteiger partial charge >= 0.3 is 17.9 Å². The highest BCUT2D eigenvalue weighted by Crippen LogP contribution is 2.34. The van der Waals surface area contributed by atoms with Crippen LogP contribution in [0.1, 0.15) is 56.2 Å². The Morgan fingerprint density at radius 2 is 1.90 bits per heavy atom. The van der Waals surface area contributed by atoms with Crippen molar-refractivity contribution in [1.29, 1.82) is 0 Å². The van der Waals surface area contributed by atoms with Gasteiger partial charge in [0.05, 0.1) is 35.9 Å². The lowest BCUT2D eigenvalue weighted by Crippen LogP contribution is -2.32. The van der Waals surface area contributed by atoms with Gasteiger partial charge in [-0.3, -0.25) is 9.78 Å². The summed E-state index contributed by atoms with van der Waals surface area (Å²) in [4.78, 5) is 62.7. The fraction of sp³-hybridized carbons (Fsp3) is 0.259. The minimum Gasteiger partial charge on any atom is -0.465 e. The molecule has 202 valence electrons. The molecule has 12 heteroatoms. The summed E-state index contributed by atoms with van der Waals surface area (Å²) >= 11 is 0.888. The topological polar surface area (TPSA) is 150 Å². The molecule has 1 amide bonds. The van der Waals surface area contributed by atoms with Crippen LogP contribution < -0.4 is 5.32 Å². The highest BCUT2D eigenvalue weighted by Gasteiger charge is 2.29. The Morgan fingerprint density at radius 1 is 1.10 bits per heavy atom. The smallest absolute Gasteiger partial charge is 0.348 e. The predicted octanol–water partition coefficient (Wildman–Crippen LogP) is 4.53. The normalized spacial score (nSPS) is 11.6. The lowest BCUT2D eigenvalue weighted by atomic mass is 10.1. The van der Waals surface area contributed by atoms with Crippen LogP contribution in [0.25, 0.3) is 22.4 Å². The zero-order chi connectivity index (χ0) is 28.1. The van der Waals surface area contributed by atoms with Crippen LogP contribution in [0.5, 0.6) is 0 Å². The summed E-state index contributed by atoms with van der Waals surface area (Å²) in [6.07, 6.45) is 2.33. The zero-order valence-electron chi connectivity index (χ0n) is 21.7. The van der Waals surface area contributed by atoms with Crippen LogP contribution >= 0.6 is 11.3 Å². The number of esters is 3. The number of benzene rings is 1. The quantitative estimate of drug-likeness (QED) is 0.226. The van der Waals surface area contributed by atoms with Gasteiger partial charge in [-0.15, -0.1) is 11.3 Å². The molecule has 0 aliphatic carbocycles. The minimum absolute atomic E-state index is 0.0363. The number of aromatic nitrogens is 3. The van der Waals surface area contributed by atoms with Crippen molar-refractivity contribution in [2.45, 2.75) is 33.3 Å². The highest BCUT2D eigenvalue weighted by atomic mass is 32.1. The molecule has 0 saturated heterocycles. The molecule has 1 unspecified atom stereocenters. The lowest BCUT2D eigenvalue weighted by Gasteiger charge is -2.16. The number of amides is 1. The van der Waals surface area contributed by atoms with Gasteiger partial charge in [0.1, 0.15) is 15.7 Å². The van der Waals surface area contributed by atoms with E-state index in [9.17, 15) is 19.2 Å². The Labute approximate surface area is 227 Å². The van der Waals surface area contributed by atoms with Gasteiger partial charge in [-0.25, -0.2) is 19.4 Å². The Kier molecular flexibility index (Phi) is 8.35. The second-order valence-corrected chi connectivity index (χ2v) is 9.34. The van der Waals surface area contributed by atoms with Gasteiger partial charge in [0.2, 0.25) is 0 Å². The first-order valence-corrected chi connectivity index (χ1v) is 12.9. The number of methoxy groups -OCH3 is 1. The number of aromatic amines is 1. The number of imidazole rings is 1. The van der Waals surface area contributed by atoms with Gasteiger partial charge in [0, 0.05) is 18.0 Å². The number of nitrogens with one attached hydrogen (secondary N) is 2. The first kappa shape index (κ1) is 27.5. The van der Waals surface area contributed by atoms with Crippen LogP contribution in [0.2, 0.25) is 0 Å². The van der Waals surface area contributed by atoms with Gasteiger partial charge in [0.15, 0.2) is 6.10 Å². The second-order valence-electron chi connectivity index (χ2n) is 8.32. The summed E-state index contributed by atoms with van der Waals surface area (Å²) in [5.74, 6) is -2.11. The van der Waals surface area contributed by atoms with E-state index in [2.05, 4.69) is 20.3 Å². The summed E-state index contributed by atoms with van der Waals surface area (Å²) in [6.45, 7) is 5.05. The van der Waals surface area contributed by atoms with Crippen LogP contribution in [-0.4, -0.2) is 58.6 Å². The predicted molar refractivity (Wildman–Crippen MR) is 144 cm³/mol. The van der Waals surface area contributed by atoms with Gasteiger partial charge in [-0.1, -0.05) is 6.92 Å². The third kappa shape index (κ3) is 5.80. The Hall–Kier alpha value is -4.58. The fourth-order valence-electron chi connectivity index (χ4n) is 3.83. The van der Waals surface area contributed by atoms with Gasteiger partial charge < -0.3 is 24.5 Å². The molecule has 0 aliphatic rings. The molecular formula is C27H26N4O7S. The number of anilines is 1. The molecule has 3 aromatic heterocycles. The van der Waals surface area contributed by atoms with E-state index in [4.69, 9.17) is 14.2 Å². The van der Waals surface area contributed by atoms with E-state index >= 15 is 0 Å². The molecule has 39 heavy (non-hydrogen) atoms. The van der Waals surface area contributed by atoms with Crippen LogP contribution in [0, 0.1) is 6.92 Å². The molecule has 11 nitrogen and oxygen atoms in total. The molecule has 4 aromatic rings. The Morgan fingerprint density at radius 3 is 2.56 bits per heavy atom. The largest absolute Gasteiger partial charge is 0.465 e. The average molecular weight is 551 g/mol. The van der Waals surface area contributed by atoms with E-state index < -0.39 is 29.9 Å². The van der Waals surface area contributed by atoms with Crippen LogP contribution in [0.15, 0.2) is 42.7 Å². The molecular weight excluding hydrogens is 524 g/mol. The standard InChI is InChI=1S/C27H26N4O7S/c1-5-19(23(32)31-24-20(26(34)36-4)14(3)21(39-24)27(35)37-6-2)38-25(33)15-9-10-17-18(12-15)30-22(29-17)16-8-7-11-28-13-16/h7-13,19H,5-6H2,1-4H3,(H,29,30)(H,31,32). The molecule has 0 radical (unpaired) electrons. The van der Waals surface area contributed by atoms with Crippen molar-refractivity contribution in [1.82, 2.24) is 15.0 Å². The first-order valence-electron chi connectivity index (χ1n) is 12.1.